The van der Waals surface area contributed by atoms with Crippen molar-refractivity contribution in [3.8, 4) is 0 Å². The molecule has 3 rings (SSSR count). The molecule has 6 heteroatoms. The smallest absolute Gasteiger partial charge is 0.224 e. The van der Waals surface area contributed by atoms with E-state index in [0.29, 0.717) is 24.4 Å². The number of amides is 1. The molecule has 2 heterocycles. The van der Waals surface area contributed by atoms with Crippen LogP contribution in [0, 0.1) is 19.8 Å². The second kappa shape index (κ2) is 6.31. The Labute approximate surface area is 142 Å². The van der Waals surface area contributed by atoms with Crippen molar-refractivity contribution in [1.82, 2.24) is 14.7 Å². The molecule has 0 aromatic carbocycles. The van der Waals surface area contributed by atoms with Gasteiger partial charge in [0.2, 0.25) is 5.91 Å². The highest BCUT2D eigenvalue weighted by Gasteiger charge is 2.48. The first-order chi connectivity index (χ1) is 11.3. The fourth-order valence-electron chi connectivity index (χ4n) is 3.99. The molecule has 0 spiro atoms. The third-order valence-electron chi connectivity index (χ3n) is 5.64. The summed E-state index contributed by atoms with van der Waals surface area (Å²) >= 11 is 0. The van der Waals surface area contributed by atoms with Gasteiger partial charge in [-0.15, -0.1) is 0 Å². The molecule has 0 atom stereocenters. The average Bonchev–Trinajstić information content (AvgIpc) is 3.22. The quantitative estimate of drug-likeness (QED) is 0.835. The first-order valence-electron chi connectivity index (χ1n) is 8.87. The van der Waals surface area contributed by atoms with E-state index in [0.717, 1.165) is 50.2 Å². The van der Waals surface area contributed by atoms with E-state index in [1.54, 1.807) is 11.6 Å². The molecule has 1 aliphatic heterocycles. The van der Waals surface area contributed by atoms with Crippen LogP contribution >= 0.6 is 0 Å². The van der Waals surface area contributed by atoms with E-state index >= 15 is 0 Å². The number of likely N-dealkylation sites (tertiary alicyclic amines) is 1. The maximum Gasteiger partial charge on any atom is 0.224 e. The van der Waals surface area contributed by atoms with Gasteiger partial charge in [-0.1, -0.05) is 0 Å². The highest BCUT2D eigenvalue weighted by Crippen LogP contribution is 2.46. The predicted molar refractivity (Wildman–Crippen MR) is 89.8 cm³/mol. The summed E-state index contributed by atoms with van der Waals surface area (Å²) in [6.45, 7) is 7.23. The first-order valence-corrected chi connectivity index (χ1v) is 8.87. The maximum absolute atomic E-state index is 12.4. The van der Waals surface area contributed by atoms with E-state index in [9.17, 15) is 14.7 Å². The van der Waals surface area contributed by atoms with Gasteiger partial charge in [0, 0.05) is 31.7 Å². The van der Waals surface area contributed by atoms with E-state index in [1.807, 2.05) is 18.7 Å². The second-order valence-electron chi connectivity index (χ2n) is 7.33. The van der Waals surface area contributed by atoms with Gasteiger partial charge in [-0.2, -0.15) is 5.10 Å². The summed E-state index contributed by atoms with van der Waals surface area (Å²) in [6.07, 6.45) is 4.03. The number of hydrogen-bond acceptors (Lipinski definition) is 4. The Morgan fingerprint density at radius 2 is 1.88 bits per heavy atom. The number of rotatable bonds is 5. The lowest BCUT2D eigenvalue weighted by molar-refractivity contribution is -0.133. The van der Waals surface area contributed by atoms with Gasteiger partial charge < -0.3 is 10.0 Å². The highest BCUT2D eigenvalue weighted by molar-refractivity contribution is 5.96. The SMILES string of the molecule is CC(=O)c1c(C)nn(CCC(=O)N2CCC(C3(O)CC3)CC2)c1C. The Bertz CT molecular complexity index is 653. The third-order valence-corrected chi connectivity index (χ3v) is 5.64. The largest absolute Gasteiger partial charge is 0.390 e. The van der Waals surface area contributed by atoms with Crippen LogP contribution in [0.3, 0.4) is 0 Å². The molecule has 1 saturated heterocycles. The Morgan fingerprint density at radius 3 is 2.38 bits per heavy atom. The first kappa shape index (κ1) is 17.1. The molecule has 0 radical (unpaired) electrons. The molecular formula is C18H27N3O3. The Hall–Kier alpha value is -1.69. The minimum atomic E-state index is -0.429. The molecule has 132 valence electrons. The highest BCUT2D eigenvalue weighted by atomic mass is 16.3. The Kier molecular flexibility index (Phi) is 4.51. The van der Waals surface area contributed by atoms with Crippen LogP contribution in [0.1, 0.15) is 60.8 Å². The molecule has 2 aliphatic rings. The van der Waals surface area contributed by atoms with Crippen LogP contribution in [0.15, 0.2) is 0 Å². The maximum atomic E-state index is 12.4. The summed E-state index contributed by atoms with van der Waals surface area (Å²) in [5.41, 5.74) is 1.80. The van der Waals surface area contributed by atoms with Gasteiger partial charge in [-0.05, 0) is 52.4 Å². The van der Waals surface area contributed by atoms with Crippen molar-refractivity contribution in [2.24, 2.45) is 5.92 Å². The molecule has 2 fully saturated rings. The number of nitrogens with zero attached hydrogens (tertiary/aromatic N) is 3. The molecule has 6 nitrogen and oxygen atoms in total. The van der Waals surface area contributed by atoms with Crippen molar-refractivity contribution in [3.05, 3.63) is 17.0 Å². The van der Waals surface area contributed by atoms with Crippen molar-refractivity contribution in [2.75, 3.05) is 13.1 Å². The fourth-order valence-corrected chi connectivity index (χ4v) is 3.99. The number of Topliss-reactive ketones (excluding diaryl/α,β-unsaturated/α-hetero) is 1. The zero-order valence-corrected chi connectivity index (χ0v) is 14.8. The predicted octanol–water partition coefficient (Wildman–Crippen LogP) is 1.86. The van der Waals surface area contributed by atoms with Crippen LogP contribution in [0.25, 0.3) is 0 Å². The number of aryl methyl sites for hydroxylation is 2. The van der Waals surface area contributed by atoms with Crippen LogP contribution in [0.4, 0.5) is 0 Å². The van der Waals surface area contributed by atoms with E-state index in [1.165, 1.54) is 0 Å². The second-order valence-corrected chi connectivity index (χ2v) is 7.33. The monoisotopic (exact) mass is 333 g/mol. The van der Waals surface area contributed by atoms with Crippen LogP contribution in [-0.4, -0.2) is 50.2 Å². The number of aliphatic hydroxyl groups is 1. The topological polar surface area (TPSA) is 75.4 Å². The van der Waals surface area contributed by atoms with Crippen molar-refractivity contribution in [1.29, 1.82) is 0 Å². The molecule has 1 N–H and O–H groups in total. The Balaban J connectivity index is 1.53. The summed E-state index contributed by atoms with van der Waals surface area (Å²) in [7, 11) is 0. The summed E-state index contributed by atoms with van der Waals surface area (Å²) in [4.78, 5) is 26.0. The zero-order chi connectivity index (χ0) is 17.5. The molecule has 1 aromatic rings. The molecule has 0 unspecified atom stereocenters. The van der Waals surface area contributed by atoms with Gasteiger partial charge in [0.25, 0.3) is 0 Å². The van der Waals surface area contributed by atoms with Crippen molar-refractivity contribution < 1.29 is 14.7 Å². The standard InChI is InChI=1S/C18H27N3O3/c1-12-17(14(3)22)13(2)21(19-12)11-6-16(23)20-9-4-15(5-10-20)18(24)7-8-18/h15,24H,4-11H2,1-3H3. The van der Waals surface area contributed by atoms with Crippen molar-refractivity contribution >= 4 is 11.7 Å². The lowest BCUT2D eigenvalue weighted by Gasteiger charge is -2.34. The number of ketones is 1. The van der Waals surface area contributed by atoms with Crippen LogP contribution < -0.4 is 0 Å². The number of piperidine rings is 1. The lowest BCUT2D eigenvalue weighted by atomic mass is 9.89. The summed E-state index contributed by atoms with van der Waals surface area (Å²) in [5.74, 6) is 0.506. The summed E-state index contributed by atoms with van der Waals surface area (Å²) in [5, 5.41) is 14.6. The van der Waals surface area contributed by atoms with Gasteiger partial charge in [-0.25, -0.2) is 0 Å². The molecule has 0 bridgehead atoms. The van der Waals surface area contributed by atoms with Crippen LogP contribution in [-0.2, 0) is 11.3 Å². The van der Waals surface area contributed by atoms with E-state index < -0.39 is 5.60 Å². The van der Waals surface area contributed by atoms with E-state index in [2.05, 4.69) is 5.10 Å². The van der Waals surface area contributed by atoms with Crippen molar-refractivity contribution in [2.45, 2.75) is 65.0 Å². The molecule has 1 amide bonds. The van der Waals surface area contributed by atoms with E-state index in [-0.39, 0.29) is 11.7 Å². The van der Waals surface area contributed by atoms with Gasteiger partial charge in [0.15, 0.2) is 5.78 Å². The lowest BCUT2D eigenvalue weighted by Crippen LogP contribution is -2.42. The van der Waals surface area contributed by atoms with Crippen LogP contribution in [0.5, 0.6) is 0 Å². The molecule has 1 aromatic heterocycles. The average molecular weight is 333 g/mol. The van der Waals surface area contributed by atoms with Crippen molar-refractivity contribution in [3.63, 3.8) is 0 Å². The molecular weight excluding hydrogens is 306 g/mol. The van der Waals surface area contributed by atoms with E-state index in [4.69, 9.17) is 0 Å². The summed E-state index contributed by atoms with van der Waals surface area (Å²) < 4.78 is 1.77. The Morgan fingerprint density at radius 1 is 1.25 bits per heavy atom. The zero-order valence-electron chi connectivity index (χ0n) is 14.8. The fraction of sp³-hybridized carbons (Fsp3) is 0.722. The minimum Gasteiger partial charge on any atom is -0.390 e. The normalized spacial score (nSPS) is 20.2. The molecule has 24 heavy (non-hydrogen) atoms. The van der Waals surface area contributed by atoms with Gasteiger partial charge >= 0.3 is 0 Å². The van der Waals surface area contributed by atoms with Crippen LogP contribution in [0.2, 0.25) is 0 Å². The number of carbonyl (C=O) groups excluding carboxylic acids is 2. The van der Waals surface area contributed by atoms with Gasteiger partial charge in [0.1, 0.15) is 0 Å². The number of carbonyl (C=O) groups is 2. The summed E-state index contributed by atoms with van der Waals surface area (Å²) in [6, 6.07) is 0. The van der Waals surface area contributed by atoms with Gasteiger partial charge in [0.05, 0.1) is 16.9 Å². The van der Waals surface area contributed by atoms with Gasteiger partial charge in [-0.3, -0.25) is 14.3 Å². The number of hydrogen-bond donors (Lipinski definition) is 1. The minimum absolute atomic E-state index is 0.0163. The molecule has 1 aliphatic carbocycles. The third kappa shape index (κ3) is 3.24. The molecule has 1 saturated carbocycles. The number of aromatic nitrogens is 2.